The minimum absolute atomic E-state index is 0.102. The Balaban J connectivity index is 2.53. The third-order valence-corrected chi connectivity index (χ3v) is 4.01. The van der Waals surface area contributed by atoms with E-state index >= 15 is 0 Å². The van der Waals surface area contributed by atoms with Crippen molar-refractivity contribution >= 4 is 21.9 Å². The molecule has 0 saturated carbocycles. The third kappa shape index (κ3) is 5.08. The molecule has 1 aromatic carbocycles. The first-order valence-electron chi connectivity index (χ1n) is 5.81. The van der Waals surface area contributed by atoms with E-state index in [4.69, 9.17) is 4.74 Å². The van der Waals surface area contributed by atoms with Crippen molar-refractivity contribution in [2.75, 3.05) is 19.0 Å². The highest BCUT2D eigenvalue weighted by atomic mass is 79.9. The smallest absolute Gasteiger partial charge is 0.309 e. The molecule has 0 bridgehead atoms. The summed E-state index contributed by atoms with van der Waals surface area (Å²) in [4.78, 5) is 11.1. The van der Waals surface area contributed by atoms with Gasteiger partial charge in [0.2, 0.25) is 0 Å². The van der Waals surface area contributed by atoms with Gasteiger partial charge < -0.3 is 9.47 Å². The zero-order chi connectivity index (χ0) is 13.6. The van der Waals surface area contributed by atoms with Crippen molar-refractivity contribution in [1.82, 2.24) is 0 Å². The summed E-state index contributed by atoms with van der Waals surface area (Å²) >= 11 is 3.46. The van der Waals surface area contributed by atoms with Crippen LogP contribution in [-0.2, 0) is 16.0 Å². The molecular weight excluding hydrogens is 296 g/mol. The number of hydrogen-bond donors (Lipinski definition) is 0. The molecule has 0 heterocycles. The zero-order valence-corrected chi connectivity index (χ0v) is 12.6. The van der Waals surface area contributed by atoms with E-state index < -0.39 is 0 Å². The Labute approximate surface area is 117 Å². The fourth-order valence-corrected chi connectivity index (χ4v) is 1.42. The van der Waals surface area contributed by atoms with Gasteiger partial charge in [0.05, 0.1) is 20.1 Å². The summed E-state index contributed by atoms with van der Waals surface area (Å²) in [6.07, 6.45) is 0.295. The summed E-state index contributed by atoms with van der Waals surface area (Å²) in [6.45, 7) is 4.91. The van der Waals surface area contributed by atoms with Gasteiger partial charge in [-0.25, -0.2) is 0 Å². The maximum atomic E-state index is 11.1. The van der Waals surface area contributed by atoms with Crippen LogP contribution in [0.3, 0.4) is 0 Å². The standard InChI is InChI=1S/C14H19BrO3/c1-14(2,9-15)10-18-12-6-4-11(5-7-12)8-13(16)17-3/h4-7H,8-10H2,1-3H3. The maximum Gasteiger partial charge on any atom is 0.309 e. The molecule has 0 saturated heterocycles. The van der Waals surface area contributed by atoms with E-state index in [1.165, 1.54) is 7.11 Å². The Bertz CT molecular complexity index is 385. The van der Waals surface area contributed by atoms with Crippen molar-refractivity contribution in [3.05, 3.63) is 29.8 Å². The number of rotatable bonds is 6. The third-order valence-electron chi connectivity index (χ3n) is 2.49. The minimum Gasteiger partial charge on any atom is -0.493 e. The lowest BCUT2D eigenvalue weighted by Crippen LogP contribution is -2.22. The number of alkyl halides is 1. The first-order chi connectivity index (χ1) is 8.46. The van der Waals surface area contributed by atoms with Crippen LogP contribution in [0.1, 0.15) is 19.4 Å². The van der Waals surface area contributed by atoms with Crippen LogP contribution >= 0.6 is 15.9 Å². The Morgan fingerprint density at radius 1 is 1.28 bits per heavy atom. The van der Waals surface area contributed by atoms with Gasteiger partial charge in [-0.3, -0.25) is 4.79 Å². The molecule has 0 aliphatic heterocycles. The molecule has 0 N–H and O–H groups in total. The van der Waals surface area contributed by atoms with Gasteiger partial charge in [-0.15, -0.1) is 0 Å². The van der Waals surface area contributed by atoms with Gasteiger partial charge in [-0.05, 0) is 17.7 Å². The van der Waals surface area contributed by atoms with Crippen LogP contribution < -0.4 is 4.74 Å². The molecule has 0 aromatic heterocycles. The van der Waals surface area contributed by atoms with Crippen molar-refractivity contribution < 1.29 is 14.3 Å². The van der Waals surface area contributed by atoms with E-state index in [9.17, 15) is 4.79 Å². The van der Waals surface area contributed by atoms with E-state index in [-0.39, 0.29) is 11.4 Å². The van der Waals surface area contributed by atoms with E-state index in [0.29, 0.717) is 13.0 Å². The maximum absolute atomic E-state index is 11.1. The molecule has 0 aliphatic carbocycles. The number of carbonyl (C=O) groups excluding carboxylic acids is 1. The topological polar surface area (TPSA) is 35.5 Å². The van der Waals surface area contributed by atoms with Crippen molar-refractivity contribution in [3.8, 4) is 5.75 Å². The van der Waals surface area contributed by atoms with Gasteiger partial charge in [0.15, 0.2) is 0 Å². The predicted molar refractivity (Wildman–Crippen MR) is 75.2 cm³/mol. The van der Waals surface area contributed by atoms with Crippen LogP contribution in [0, 0.1) is 5.41 Å². The largest absolute Gasteiger partial charge is 0.493 e. The average Bonchev–Trinajstić information content (AvgIpc) is 2.38. The van der Waals surface area contributed by atoms with E-state index in [2.05, 4.69) is 34.5 Å². The lowest BCUT2D eigenvalue weighted by molar-refractivity contribution is -0.139. The molecule has 100 valence electrons. The molecule has 3 nitrogen and oxygen atoms in total. The lowest BCUT2D eigenvalue weighted by atomic mass is 9.98. The van der Waals surface area contributed by atoms with Crippen LogP contribution in [0.5, 0.6) is 5.75 Å². The second kappa shape index (κ2) is 6.78. The summed E-state index contributed by atoms with van der Waals surface area (Å²) in [5.74, 6) is 0.585. The number of ether oxygens (including phenoxy) is 2. The second-order valence-corrected chi connectivity index (χ2v) is 5.54. The van der Waals surface area contributed by atoms with E-state index in [1.807, 2.05) is 24.3 Å². The molecule has 4 heteroatoms. The first kappa shape index (κ1) is 15.0. The molecule has 18 heavy (non-hydrogen) atoms. The van der Waals surface area contributed by atoms with Gasteiger partial charge in [-0.1, -0.05) is 41.9 Å². The van der Waals surface area contributed by atoms with Gasteiger partial charge in [0, 0.05) is 10.7 Å². The van der Waals surface area contributed by atoms with Crippen molar-refractivity contribution in [2.45, 2.75) is 20.3 Å². The zero-order valence-electron chi connectivity index (χ0n) is 11.0. The molecule has 1 aromatic rings. The molecule has 0 radical (unpaired) electrons. The summed E-state index contributed by atoms with van der Waals surface area (Å²) < 4.78 is 10.3. The summed E-state index contributed by atoms with van der Waals surface area (Å²) in [7, 11) is 1.39. The normalized spacial score (nSPS) is 11.1. The van der Waals surface area contributed by atoms with E-state index in [1.54, 1.807) is 0 Å². The minimum atomic E-state index is -0.232. The van der Waals surface area contributed by atoms with Crippen molar-refractivity contribution in [2.24, 2.45) is 5.41 Å². The Hall–Kier alpha value is -1.03. The van der Waals surface area contributed by atoms with Gasteiger partial charge in [0.1, 0.15) is 5.75 Å². The molecule has 0 amide bonds. The highest BCUT2D eigenvalue weighted by molar-refractivity contribution is 9.09. The molecular formula is C14H19BrO3. The van der Waals surface area contributed by atoms with Crippen LogP contribution in [0.2, 0.25) is 0 Å². The highest BCUT2D eigenvalue weighted by Gasteiger charge is 2.16. The number of benzene rings is 1. The van der Waals surface area contributed by atoms with Crippen LogP contribution in [0.25, 0.3) is 0 Å². The number of methoxy groups -OCH3 is 1. The predicted octanol–water partition coefficient (Wildman–Crippen LogP) is 3.20. The molecule has 0 fully saturated rings. The SMILES string of the molecule is COC(=O)Cc1ccc(OCC(C)(C)CBr)cc1. The summed E-state index contributed by atoms with van der Waals surface area (Å²) in [5, 5.41) is 0.889. The summed E-state index contributed by atoms with van der Waals surface area (Å²) in [6, 6.07) is 7.52. The number of hydrogen-bond acceptors (Lipinski definition) is 3. The summed E-state index contributed by atoms with van der Waals surface area (Å²) in [5.41, 5.74) is 1.03. The molecule has 0 spiro atoms. The lowest BCUT2D eigenvalue weighted by Gasteiger charge is -2.21. The molecule has 0 unspecified atom stereocenters. The van der Waals surface area contributed by atoms with Gasteiger partial charge in [-0.2, -0.15) is 0 Å². The average molecular weight is 315 g/mol. The highest BCUT2D eigenvalue weighted by Crippen LogP contribution is 2.21. The number of carbonyl (C=O) groups is 1. The van der Waals surface area contributed by atoms with Crippen molar-refractivity contribution in [3.63, 3.8) is 0 Å². The monoisotopic (exact) mass is 314 g/mol. The van der Waals surface area contributed by atoms with Crippen molar-refractivity contribution in [1.29, 1.82) is 0 Å². The first-order valence-corrected chi connectivity index (χ1v) is 6.93. The van der Waals surface area contributed by atoms with Crippen LogP contribution in [0.15, 0.2) is 24.3 Å². The quantitative estimate of drug-likeness (QED) is 0.597. The van der Waals surface area contributed by atoms with Gasteiger partial charge >= 0.3 is 5.97 Å². The molecule has 0 aliphatic rings. The molecule has 1 rings (SSSR count). The fourth-order valence-electron chi connectivity index (χ4n) is 1.26. The van der Waals surface area contributed by atoms with E-state index in [0.717, 1.165) is 16.6 Å². The Kier molecular flexibility index (Phi) is 5.66. The second-order valence-electron chi connectivity index (χ2n) is 4.98. The Morgan fingerprint density at radius 3 is 2.39 bits per heavy atom. The molecule has 0 atom stereocenters. The fraction of sp³-hybridized carbons (Fsp3) is 0.500. The van der Waals surface area contributed by atoms with Gasteiger partial charge in [0.25, 0.3) is 0 Å². The number of esters is 1. The van der Waals surface area contributed by atoms with Crippen LogP contribution in [0.4, 0.5) is 0 Å². The Morgan fingerprint density at radius 2 is 1.89 bits per heavy atom. The number of halogens is 1. The van der Waals surface area contributed by atoms with Crippen LogP contribution in [-0.4, -0.2) is 25.0 Å².